The summed E-state index contributed by atoms with van der Waals surface area (Å²) in [7, 11) is 0. The smallest absolute Gasteiger partial charge is 0.0481 e. The Balaban J connectivity index is 3.14. The van der Waals surface area contributed by atoms with Gasteiger partial charge in [0.2, 0.25) is 0 Å². The summed E-state index contributed by atoms with van der Waals surface area (Å²) in [6, 6.07) is 0.131. The molecule has 2 heteroatoms. The molecule has 0 aromatic heterocycles. The quantitative estimate of drug-likeness (QED) is 0.549. The second-order valence-electron chi connectivity index (χ2n) is 1.78. The Hall–Kier alpha value is 0.250. The van der Waals surface area contributed by atoms with Crippen LogP contribution in [0.1, 0.15) is 20.3 Å². The van der Waals surface area contributed by atoms with Gasteiger partial charge < -0.3 is 5.73 Å². The molecule has 1 unspecified atom stereocenters. The number of halogens is 1. The summed E-state index contributed by atoms with van der Waals surface area (Å²) in [6.45, 7) is 3.95. The molecule has 0 bridgehead atoms. The number of alkyl halides is 1. The van der Waals surface area contributed by atoms with E-state index in [1.54, 1.807) is 0 Å². The molecule has 0 heterocycles. The lowest BCUT2D eigenvalue weighted by Gasteiger charge is -2.08. The first-order chi connectivity index (χ1) is 3.18. The summed E-state index contributed by atoms with van der Waals surface area (Å²) in [5, 5.41) is 0.153. The fourth-order valence-electron chi connectivity index (χ4n) is 0.372. The Bertz CT molecular complexity index is 45.3. The van der Waals surface area contributed by atoms with Crippen LogP contribution in [0.5, 0.6) is 0 Å². The van der Waals surface area contributed by atoms with Gasteiger partial charge in [-0.05, 0) is 13.3 Å². The van der Waals surface area contributed by atoms with E-state index in [1.165, 1.54) is 0 Å². The van der Waals surface area contributed by atoms with Crippen LogP contribution in [-0.4, -0.2) is 11.4 Å². The van der Waals surface area contributed by atoms with E-state index in [9.17, 15) is 0 Å². The molecule has 7 heavy (non-hydrogen) atoms. The highest BCUT2D eigenvalue weighted by Crippen LogP contribution is 2.02. The minimum absolute atomic E-state index is 0.131. The molecule has 0 radical (unpaired) electrons. The third-order valence-electron chi connectivity index (χ3n) is 0.961. The van der Waals surface area contributed by atoms with Crippen molar-refractivity contribution in [3.8, 4) is 0 Å². The van der Waals surface area contributed by atoms with E-state index in [1.807, 2.05) is 13.8 Å². The van der Waals surface area contributed by atoms with Gasteiger partial charge in [0.1, 0.15) is 0 Å². The number of hydrogen-bond donors (Lipinski definition) is 1. The highest BCUT2D eigenvalue weighted by atomic mass is 35.5. The molecule has 0 saturated heterocycles. The van der Waals surface area contributed by atoms with Gasteiger partial charge in [0, 0.05) is 11.4 Å². The number of rotatable bonds is 2. The molecule has 0 aromatic rings. The first-order valence-electron chi connectivity index (χ1n) is 2.58. The van der Waals surface area contributed by atoms with E-state index in [2.05, 4.69) is 0 Å². The zero-order chi connectivity index (χ0) is 5.86. The molecule has 1 nitrogen and oxygen atoms in total. The van der Waals surface area contributed by atoms with Gasteiger partial charge in [-0.3, -0.25) is 0 Å². The molecule has 0 spiro atoms. The van der Waals surface area contributed by atoms with Crippen molar-refractivity contribution in [1.29, 1.82) is 0 Å². The summed E-state index contributed by atoms with van der Waals surface area (Å²) >= 11 is 5.68. The zero-order valence-electron chi connectivity index (χ0n) is 4.82. The summed E-state index contributed by atoms with van der Waals surface area (Å²) in [5.41, 5.74) is 5.41. The normalized spacial score (nSPS) is 18.9. The standard InChI is InChI=1S/C5H12ClN/c1-3-5(6)4(2)7/h4-5H,3,7H2,1-2H3/t4?,5-/m0/s1. The lowest BCUT2D eigenvalue weighted by atomic mass is 10.2. The van der Waals surface area contributed by atoms with E-state index in [4.69, 9.17) is 17.3 Å². The number of nitrogens with two attached hydrogens (primary N) is 1. The molecule has 0 saturated carbocycles. The maximum Gasteiger partial charge on any atom is 0.0481 e. The van der Waals surface area contributed by atoms with E-state index >= 15 is 0 Å². The van der Waals surface area contributed by atoms with Gasteiger partial charge in [0.25, 0.3) is 0 Å². The van der Waals surface area contributed by atoms with Crippen LogP contribution in [-0.2, 0) is 0 Å². The molecule has 0 fully saturated rings. The maximum absolute atomic E-state index is 5.68. The van der Waals surface area contributed by atoms with E-state index in [-0.39, 0.29) is 11.4 Å². The maximum atomic E-state index is 5.68. The Labute approximate surface area is 49.8 Å². The molecule has 0 aromatic carbocycles. The highest BCUT2D eigenvalue weighted by molar-refractivity contribution is 6.21. The van der Waals surface area contributed by atoms with Crippen LogP contribution >= 0.6 is 11.6 Å². The Kier molecular flexibility index (Phi) is 3.39. The van der Waals surface area contributed by atoms with E-state index in [0.717, 1.165) is 6.42 Å². The summed E-state index contributed by atoms with van der Waals surface area (Å²) in [4.78, 5) is 0. The average molecular weight is 122 g/mol. The first kappa shape index (κ1) is 7.25. The molecular weight excluding hydrogens is 110 g/mol. The van der Waals surface area contributed by atoms with Gasteiger partial charge in [-0.2, -0.15) is 0 Å². The molecule has 44 valence electrons. The van der Waals surface area contributed by atoms with E-state index in [0.29, 0.717) is 0 Å². The Morgan fingerprint density at radius 2 is 2.14 bits per heavy atom. The van der Waals surface area contributed by atoms with Crippen LogP contribution in [0.3, 0.4) is 0 Å². The fraction of sp³-hybridized carbons (Fsp3) is 1.00. The van der Waals surface area contributed by atoms with Crippen LogP contribution < -0.4 is 5.73 Å². The minimum atomic E-state index is 0.131. The molecule has 0 aliphatic heterocycles. The predicted molar refractivity (Wildman–Crippen MR) is 33.6 cm³/mol. The number of hydrogen-bond acceptors (Lipinski definition) is 1. The largest absolute Gasteiger partial charge is 0.327 e. The SMILES string of the molecule is CC[C@H](Cl)C(C)N. The van der Waals surface area contributed by atoms with Crippen molar-refractivity contribution in [2.24, 2.45) is 5.73 Å². The van der Waals surface area contributed by atoms with Crippen LogP contribution in [0.4, 0.5) is 0 Å². The van der Waals surface area contributed by atoms with Gasteiger partial charge in [0.15, 0.2) is 0 Å². The molecule has 0 rings (SSSR count). The van der Waals surface area contributed by atoms with Crippen molar-refractivity contribution in [2.45, 2.75) is 31.7 Å². The van der Waals surface area contributed by atoms with Gasteiger partial charge in [0.05, 0.1) is 0 Å². The lowest BCUT2D eigenvalue weighted by molar-refractivity contribution is 0.662. The topological polar surface area (TPSA) is 26.0 Å². The minimum Gasteiger partial charge on any atom is -0.327 e. The predicted octanol–water partition coefficient (Wildman–Crippen LogP) is 1.35. The summed E-state index contributed by atoms with van der Waals surface area (Å²) in [5.74, 6) is 0. The molecule has 0 aliphatic rings. The van der Waals surface area contributed by atoms with Crippen molar-refractivity contribution in [1.82, 2.24) is 0 Å². The van der Waals surface area contributed by atoms with Crippen LogP contribution in [0.15, 0.2) is 0 Å². The van der Waals surface area contributed by atoms with Gasteiger partial charge in [-0.15, -0.1) is 11.6 Å². The third-order valence-corrected chi connectivity index (χ3v) is 1.67. The van der Waals surface area contributed by atoms with Crippen molar-refractivity contribution in [3.63, 3.8) is 0 Å². The van der Waals surface area contributed by atoms with Crippen molar-refractivity contribution < 1.29 is 0 Å². The van der Waals surface area contributed by atoms with E-state index < -0.39 is 0 Å². The van der Waals surface area contributed by atoms with Gasteiger partial charge >= 0.3 is 0 Å². The van der Waals surface area contributed by atoms with Crippen molar-refractivity contribution >= 4 is 11.6 Å². The van der Waals surface area contributed by atoms with Crippen LogP contribution in [0.2, 0.25) is 0 Å². The Morgan fingerprint density at radius 3 is 2.14 bits per heavy atom. The first-order valence-corrected chi connectivity index (χ1v) is 3.01. The molecular formula is C5H12ClN. The monoisotopic (exact) mass is 121 g/mol. The zero-order valence-corrected chi connectivity index (χ0v) is 5.57. The van der Waals surface area contributed by atoms with Gasteiger partial charge in [-0.1, -0.05) is 6.92 Å². The second kappa shape index (κ2) is 3.28. The summed E-state index contributed by atoms with van der Waals surface area (Å²) < 4.78 is 0. The lowest BCUT2D eigenvalue weighted by Crippen LogP contribution is -2.26. The molecule has 0 aliphatic carbocycles. The summed E-state index contributed by atoms with van der Waals surface area (Å²) in [6.07, 6.45) is 0.958. The van der Waals surface area contributed by atoms with Gasteiger partial charge in [-0.25, -0.2) is 0 Å². The fourth-order valence-corrected chi connectivity index (χ4v) is 0.372. The Morgan fingerprint density at radius 1 is 1.71 bits per heavy atom. The van der Waals surface area contributed by atoms with Crippen LogP contribution in [0, 0.1) is 0 Å². The van der Waals surface area contributed by atoms with Crippen LogP contribution in [0.25, 0.3) is 0 Å². The second-order valence-corrected chi connectivity index (χ2v) is 2.34. The third kappa shape index (κ3) is 2.89. The molecule has 2 N–H and O–H groups in total. The molecule has 2 atom stereocenters. The van der Waals surface area contributed by atoms with Crippen molar-refractivity contribution in [2.75, 3.05) is 0 Å². The highest BCUT2D eigenvalue weighted by Gasteiger charge is 2.04. The molecule has 0 amide bonds. The van der Waals surface area contributed by atoms with Crippen molar-refractivity contribution in [3.05, 3.63) is 0 Å². The average Bonchev–Trinajstić information content (AvgIpc) is 1.65.